The van der Waals surface area contributed by atoms with Gasteiger partial charge in [0.05, 0.1) is 32.3 Å². The van der Waals surface area contributed by atoms with Crippen molar-refractivity contribution in [1.29, 1.82) is 0 Å². The van der Waals surface area contributed by atoms with Gasteiger partial charge >= 0.3 is 0 Å². The van der Waals surface area contributed by atoms with Gasteiger partial charge in [0.2, 0.25) is 11.6 Å². The molecule has 0 amide bonds. The lowest BCUT2D eigenvalue weighted by atomic mass is 9.58. The molecule has 2 unspecified atom stereocenters. The van der Waals surface area contributed by atoms with E-state index in [4.69, 9.17) is 112 Å². The van der Waals surface area contributed by atoms with E-state index in [1.54, 1.807) is 0 Å². The van der Waals surface area contributed by atoms with Gasteiger partial charge in [0.15, 0.2) is 0 Å². The Morgan fingerprint density at radius 1 is 0.500 bits per heavy atom. The van der Waals surface area contributed by atoms with Crippen LogP contribution >= 0.6 is 92.8 Å². The third-order valence-corrected chi connectivity index (χ3v) is 14.1. The van der Waals surface area contributed by atoms with Crippen molar-refractivity contribution in [3.63, 3.8) is 0 Å². The SMILES string of the molecule is COC1(OC)[C@@]2(Cl)C(Cl)=C(Cl)[C@]1(Cl)[C@@H]1C(O)[C@H]3[C@@H](C(O)[C@@H]12)[C@@]1(Cl)C(Cl)=C(Cl)[C@]3(Cl)C1(OC)OC. The standard InChI is InChI=1S/C20H20Cl8O6/c1-31-19(32-2)15(25)5-6(16(19,26)12(22)11(15)21)10(30)8-7(9(5)29)17(27)13(23)14(24)18(8,28)20(17,33-3)34-4/h5-10,29-30H,1-4H3/t5-,6+,7+,8-,9?,10?,15+,16-,17-,18+. The highest BCUT2D eigenvalue weighted by molar-refractivity contribution is 6.53. The average Bonchev–Trinajstić information content (AvgIpc) is 3.23. The summed E-state index contributed by atoms with van der Waals surface area (Å²) in [5.41, 5.74) is 0. The summed E-state index contributed by atoms with van der Waals surface area (Å²) >= 11 is 55.2. The van der Waals surface area contributed by atoms with E-state index in [0.29, 0.717) is 0 Å². The van der Waals surface area contributed by atoms with E-state index in [9.17, 15) is 10.2 Å². The van der Waals surface area contributed by atoms with Gasteiger partial charge in [0, 0.05) is 52.1 Å². The fraction of sp³-hybridized carbons (Fsp3) is 0.800. The van der Waals surface area contributed by atoms with Crippen LogP contribution in [0.2, 0.25) is 0 Å². The summed E-state index contributed by atoms with van der Waals surface area (Å²) in [6, 6.07) is 0. The molecule has 3 fully saturated rings. The highest BCUT2D eigenvalue weighted by atomic mass is 35.5. The van der Waals surface area contributed by atoms with Gasteiger partial charge in [-0.25, -0.2) is 0 Å². The summed E-state index contributed by atoms with van der Waals surface area (Å²) in [5, 5.41) is 23.6. The molecule has 0 aromatic rings. The smallest absolute Gasteiger partial charge is 0.217 e. The number of rotatable bonds is 4. The van der Waals surface area contributed by atoms with Gasteiger partial charge in [0.1, 0.15) is 19.5 Å². The van der Waals surface area contributed by atoms with E-state index >= 15 is 0 Å². The van der Waals surface area contributed by atoms with Crippen molar-refractivity contribution in [1.82, 2.24) is 0 Å². The molecule has 5 aliphatic rings. The van der Waals surface area contributed by atoms with E-state index in [1.807, 2.05) is 0 Å². The molecule has 10 atom stereocenters. The predicted octanol–water partition coefficient (Wildman–Crippen LogP) is 4.51. The maximum Gasteiger partial charge on any atom is 0.217 e. The predicted molar refractivity (Wildman–Crippen MR) is 131 cm³/mol. The van der Waals surface area contributed by atoms with Crippen molar-refractivity contribution < 1.29 is 29.2 Å². The van der Waals surface area contributed by atoms with Gasteiger partial charge in [0.25, 0.3) is 0 Å². The Bertz CT molecular complexity index is 883. The zero-order valence-electron chi connectivity index (χ0n) is 18.0. The first kappa shape index (κ1) is 27.1. The van der Waals surface area contributed by atoms with Gasteiger partial charge < -0.3 is 29.2 Å². The van der Waals surface area contributed by atoms with Gasteiger partial charge in [-0.05, 0) is 0 Å². The molecule has 14 heteroatoms. The lowest BCUT2D eigenvalue weighted by molar-refractivity contribution is -0.227. The number of aliphatic hydroxyl groups is 2. The number of alkyl halides is 4. The highest BCUT2D eigenvalue weighted by Gasteiger charge is 2.94. The Kier molecular flexibility index (Phi) is 6.07. The summed E-state index contributed by atoms with van der Waals surface area (Å²) in [4.78, 5) is -7.21. The summed E-state index contributed by atoms with van der Waals surface area (Å²) in [5.74, 6) is -7.98. The van der Waals surface area contributed by atoms with Crippen molar-refractivity contribution in [2.45, 2.75) is 43.3 Å². The Hall–Kier alpha value is 1.56. The molecule has 0 saturated heterocycles. The molecule has 2 N–H and O–H groups in total. The zero-order chi connectivity index (χ0) is 25.6. The average molecular weight is 640 g/mol. The summed E-state index contributed by atoms with van der Waals surface area (Å²) in [6.07, 6.45) is -2.83. The molecule has 5 aliphatic carbocycles. The van der Waals surface area contributed by atoms with Gasteiger partial charge in [-0.15, -0.1) is 46.4 Å². The molecule has 6 nitrogen and oxygen atoms in total. The maximum atomic E-state index is 12.0. The molecular formula is C20H20Cl8O6. The monoisotopic (exact) mass is 636 g/mol. The van der Waals surface area contributed by atoms with E-state index in [1.165, 1.54) is 28.4 Å². The van der Waals surface area contributed by atoms with Gasteiger partial charge in [-0.2, -0.15) is 0 Å². The number of aliphatic hydroxyl groups excluding tert-OH is 2. The first-order valence-electron chi connectivity index (χ1n) is 10.1. The summed E-state index contributed by atoms with van der Waals surface area (Å²) in [6.45, 7) is 0. The molecule has 4 bridgehead atoms. The van der Waals surface area contributed by atoms with Crippen LogP contribution in [-0.2, 0) is 18.9 Å². The molecule has 0 aliphatic heterocycles. The normalized spacial score (nSPS) is 54.2. The molecule has 0 heterocycles. The van der Waals surface area contributed by atoms with Crippen LogP contribution in [0.5, 0.6) is 0 Å². The first-order chi connectivity index (χ1) is 15.7. The molecule has 3 saturated carbocycles. The molecule has 0 aromatic carbocycles. The lowest BCUT2D eigenvalue weighted by Crippen LogP contribution is -2.63. The van der Waals surface area contributed by atoms with Crippen LogP contribution in [0.3, 0.4) is 0 Å². The Labute approximate surface area is 236 Å². The Morgan fingerprint density at radius 2 is 0.676 bits per heavy atom. The van der Waals surface area contributed by atoms with Crippen molar-refractivity contribution in [3.05, 3.63) is 20.1 Å². The van der Waals surface area contributed by atoms with Gasteiger partial charge in [-0.3, -0.25) is 0 Å². The molecular weight excluding hydrogens is 620 g/mol. The molecule has 0 radical (unpaired) electrons. The quantitative estimate of drug-likeness (QED) is 0.349. The van der Waals surface area contributed by atoms with Crippen LogP contribution in [-0.4, -0.2) is 81.9 Å². The Morgan fingerprint density at radius 3 is 0.824 bits per heavy atom. The van der Waals surface area contributed by atoms with Crippen molar-refractivity contribution in [3.8, 4) is 0 Å². The number of fused-ring (bicyclic) bond motifs is 10. The highest BCUT2D eigenvalue weighted by Crippen LogP contribution is 2.82. The number of methoxy groups -OCH3 is 4. The van der Waals surface area contributed by atoms with Crippen LogP contribution in [0, 0.1) is 23.7 Å². The molecule has 0 aromatic heterocycles. The second kappa shape index (κ2) is 7.60. The van der Waals surface area contributed by atoms with E-state index < -0.39 is 67.0 Å². The lowest BCUT2D eigenvalue weighted by Gasteiger charge is -2.54. The third kappa shape index (κ3) is 2.12. The van der Waals surface area contributed by atoms with E-state index in [-0.39, 0.29) is 20.1 Å². The largest absolute Gasteiger partial charge is 0.392 e. The number of ether oxygens (including phenoxy) is 4. The minimum atomic E-state index is -1.86. The van der Waals surface area contributed by atoms with E-state index in [0.717, 1.165) is 0 Å². The van der Waals surface area contributed by atoms with E-state index in [2.05, 4.69) is 0 Å². The number of halogens is 8. The number of hydrogen-bond donors (Lipinski definition) is 2. The summed E-state index contributed by atoms with van der Waals surface area (Å²) < 4.78 is 23.0. The Balaban J connectivity index is 1.82. The second-order valence-corrected chi connectivity index (χ2v) is 13.1. The zero-order valence-corrected chi connectivity index (χ0v) is 24.1. The topological polar surface area (TPSA) is 77.4 Å². The fourth-order valence-corrected chi connectivity index (χ4v) is 12.3. The number of hydrogen-bond acceptors (Lipinski definition) is 6. The first-order valence-corrected chi connectivity index (χ1v) is 13.2. The minimum absolute atomic E-state index is 0.0720. The van der Waals surface area contributed by atoms with Crippen molar-refractivity contribution in [2.75, 3.05) is 28.4 Å². The third-order valence-electron chi connectivity index (χ3n) is 8.81. The molecule has 5 rings (SSSR count). The van der Waals surface area contributed by atoms with Crippen LogP contribution in [0.4, 0.5) is 0 Å². The van der Waals surface area contributed by atoms with Crippen LogP contribution in [0.25, 0.3) is 0 Å². The second-order valence-electron chi connectivity index (χ2n) is 9.24. The van der Waals surface area contributed by atoms with Crippen LogP contribution < -0.4 is 0 Å². The van der Waals surface area contributed by atoms with Crippen molar-refractivity contribution >= 4 is 92.8 Å². The maximum absolute atomic E-state index is 12.0. The minimum Gasteiger partial charge on any atom is -0.392 e. The molecule has 0 spiro atoms. The fourth-order valence-electron chi connectivity index (χ4n) is 7.79. The molecule has 34 heavy (non-hydrogen) atoms. The molecule has 192 valence electrons. The van der Waals surface area contributed by atoms with Gasteiger partial charge in [-0.1, -0.05) is 46.4 Å². The van der Waals surface area contributed by atoms with Crippen LogP contribution in [0.1, 0.15) is 0 Å². The summed E-state index contributed by atoms with van der Waals surface area (Å²) in [7, 11) is 5.28. The van der Waals surface area contributed by atoms with Crippen molar-refractivity contribution in [2.24, 2.45) is 23.7 Å². The van der Waals surface area contributed by atoms with Crippen LogP contribution in [0.15, 0.2) is 20.1 Å².